The molecule has 1 heterocycles. The Kier molecular flexibility index (Phi) is 6.99. The van der Waals surface area contributed by atoms with Crippen molar-refractivity contribution >= 4 is 39.2 Å². The SMILES string of the molecule is CN(c1cccc(Cl)c1)S(=O)(=O)c1cccc(C(=O)OCC(=O)N2CCCCC2)c1. The van der Waals surface area contributed by atoms with Gasteiger partial charge in [0, 0.05) is 25.2 Å². The van der Waals surface area contributed by atoms with Gasteiger partial charge in [0.15, 0.2) is 6.61 Å². The molecule has 160 valence electrons. The van der Waals surface area contributed by atoms with Crippen LogP contribution in [0.5, 0.6) is 0 Å². The Hall–Kier alpha value is -2.58. The predicted octanol–water partition coefficient (Wildman–Crippen LogP) is 3.33. The average molecular weight is 451 g/mol. The molecule has 0 radical (unpaired) electrons. The third kappa shape index (κ3) is 5.12. The van der Waals surface area contributed by atoms with Gasteiger partial charge in [-0.25, -0.2) is 13.2 Å². The van der Waals surface area contributed by atoms with Crippen molar-refractivity contribution < 1.29 is 22.7 Å². The number of anilines is 1. The number of hydrogen-bond donors (Lipinski definition) is 0. The lowest BCUT2D eigenvalue weighted by atomic mass is 10.1. The number of likely N-dealkylation sites (tertiary alicyclic amines) is 1. The first kappa shape index (κ1) is 22.1. The Labute approximate surface area is 181 Å². The summed E-state index contributed by atoms with van der Waals surface area (Å²) in [5, 5.41) is 0.408. The Morgan fingerprint density at radius 1 is 1.07 bits per heavy atom. The number of benzene rings is 2. The second-order valence-electron chi connectivity index (χ2n) is 7.00. The van der Waals surface area contributed by atoms with Crippen LogP contribution in [-0.2, 0) is 19.6 Å². The summed E-state index contributed by atoms with van der Waals surface area (Å²) >= 11 is 5.95. The van der Waals surface area contributed by atoms with Gasteiger partial charge in [-0.05, 0) is 55.7 Å². The molecule has 0 unspecified atom stereocenters. The first-order valence-electron chi connectivity index (χ1n) is 9.58. The van der Waals surface area contributed by atoms with Gasteiger partial charge in [0.25, 0.3) is 15.9 Å². The average Bonchev–Trinajstić information content (AvgIpc) is 2.77. The topological polar surface area (TPSA) is 84.0 Å². The lowest BCUT2D eigenvalue weighted by Gasteiger charge is -2.26. The Morgan fingerprint density at radius 3 is 2.47 bits per heavy atom. The second kappa shape index (κ2) is 9.49. The van der Waals surface area contributed by atoms with Crippen LogP contribution in [0.2, 0.25) is 5.02 Å². The highest BCUT2D eigenvalue weighted by Gasteiger charge is 2.24. The number of carbonyl (C=O) groups excluding carboxylic acids is 2. The fraction of sp³-hybridized carbons (Fsp3) is 0.333. The minimum atomic E-state index is -3.92. The summed E-state index contributed by atoms with van der Waals surface area (Å²) in [6.45, 7) is 0.970. The molecular weight excluding hydrogens is 428 g/mol. The standard InChI is InChI=1S/C21H23ClN2O5S/c1-23(18-9-6-8-17(22)14-18)30(27,28)19-10-5-7-16(13-19)21(26)29-15-20(25)24-11-3-2-4-12-24/h5-10,13-14H,2-4,11-12,15H2,1H3. The summed E-state index contributed by atoms with van der Waals surface area (Å²) in [7, 11) is -2.52. The molecule has 0 aliphatic carbocycles. The van der Waals surface area contributed by atoms with E-state index in [4.69, 9.17) is 16.3 Å². The molecule has 1 amide bonds. The number of carbonyl (C=O) groups is 2. The second-order valence-corrected chi connectivity index (χ2v) is 9.40. The number of nitrogens with zero attached hydrogens (tertiary/aromatic N) is 2. The van der Waals surface area contributed by atoms with E-state index in [2.05, 4.69) is 0 Å². The molecule has 7 nitrogen and oxygen atoms in total. The van der Waals surface area contributed by atoms with Gasteiger partial charge in [-0.2, -0.15) is 0 Å². The molecule has 1 saturated heterocycles. The molecule has 30 heavy (non-hydrogen) atoms. The Bertz CT molecular complexity index is 1040. The summed E-state index contributed by atoms with van der Waals surface area (Å²) in [6.07, 6.45) is 2.98. The van der Waals surface area contributed by atoms with Gasteiger partial charge in [-0.3, -0.25) is 9.10 Å². The maximum Gasteiger partial charge on any atom is 0.338 e. The number of amides is 1. The van der Waals surface area contributed by atoms with Crippen molar-refractivity contribution in [1.29, 1.82) is 0 Å². The van der Waals surface area contributed by atoms with Crippen LogP contribution in [0, 0.1) is 0 Å². The monoisotopic (exact) mass is 450 g/mol. The number of piperidine rings is 1. The van der Waals surface area contributed by atoms with Crippen LogP contribution in [0.15, 0.2) is 53.4 Å². The Morgan fingerprint density at radius 2 is 1.77 bits per heavy atom. The van der Waals surface area contributed by atoms with Crippen LogP contribution in [0.4, 0.5) is 5.69 Å². The number of rotatable bonds is 6. The molecule has 1 aliphatic heterocycles. The van der Waals surface area contributed by atoms with Gasteiger partial charge in [0.05, 0.1) is 16.1 Å². The zero-order valence-electron chi connectivity index (χ0n) is 16.6. The molecular formula is C21H23ClN2O5S. The van der Waals surface area contributed by atoms with Gasteiger partial charge in [-0.1, -0.05) is 23.7 Å². The fourth-order valence-electron chi connectivity index (χ4n) is 3.20. The van der Waals surface area contributed by atoms with Gasteiger partial charge in [0.1, 0.15) is 0 Å². The molecule has 9 heteroatoms. The highest BCUT2D eigenvalue weighted by atomic mass is 35.5. The third-order valence-electron chi connectivity index (χ3n) is 4.94. The van der Waals surface area contributed by atoms with Crippen molar-refractivity contribution in [3.8, 4) is 0 Å². The molecule has 0 atom stereocenters. The summed E-state index contributed by atoms with van der Waals surface area (Å²) in [5.74, 6) is -0.990. The van der Waals surface area contributed by atoms with Crippen LogP contribution < -0.4 is 4.31 Å². The molecule has 1 fully saturated rings. The summed E-state index contributed by atoms with van der Waals surface area (Å²) < 4.78 is 32.1. The zero-order chi connectivity index (χ0) is 21.7. The summed E-state index contributed by atoms with van der Waals surface area (Å²) in [4.78, 5) is 26.2. The maximum absolute atomic E-state index is 13.0. The molecule has 0 saturated carbocycles. The molecule has 1 aliphatic rings. The first-order chi connectivity index (χ1) is 14.3. The van der Waals surface area contributed by atoms with Crippen LogP contribution in [-0.4, -0.2) is 51.9 Å². The minimum Gasteiger partial charge on any atom is -0.452 e. The van der Waals surface area contributed by atoms with Crippen molar-refractivity contribution in [2.45, 2.75) is 24.2 Å². The molecule has 2 aromatic carbocycles. The van der Waals surface area contributed by atoms with E-state index in [1.165, 1.54) is 37.4 Å². The van der Waals surface area contributed by atoms with Crippen LogP contribution in [0.3, 0.4) is 0 Å². The smallest absolute Gasteiger partial charge is 0.338 e. The lowest BCUT2D eigenvalue weighted by molar-refractivity contribution is -0.135. The Balaban J connectivity index is 1.71. The molecule has 3 rings (SSSR count). The molecule has 0 aromatic heterocycles. The molecule has 0 spiro atoms. The van der Waals surface area contributed by atoms with E-state index < -0.39 is 16.0 Å². The van der Waals surface area contributed by atoms with Crippen molar-refractivity contribution in [3.05, 3.63) is 59.1 Å². The van der Waals surface area contributed by atoms with E-state index >= 15 is 0 Å². The summed E-state index contributed by atoms with van der Waals surface area (Å²) in [5.41, 5.74) is 0.449. The van der Waals surface area contributed by atoms with Crippen molar-refractivity contribution in [2.24, 2.45) is 0 Å². The quantitative estimate of drug-likeness (QED) is 0.630. The number of esters is 1. The van der Waals surface area contributed by atoms with E-state index in [1.54, 1.807) is 23.1 Å². The van der Waals surface area contributed by atoms with Crippen LogP contribution in [0.1, 0.15) is 29.6 Å². The van der Waals surface area contributed by atoms with E-state index in [1.807, 2.05) is 0 Å². The first-order valence-corrected chi connectivity index (χ1v) is 11.4. The number of sulfonamides is 1. The maximum atomic E-state index is 13.0. The largest absolute Gasteiger partial charge is 0.452 e. The predicted molar refractivity (Wildman–Crippen MR) is 114 cm³/mol. The number of halogens is 1. The van der Waals surface area contributed by atoms with Crippen LogP contribution >= 0.6 is 11.6 Å². The minimum absolute atomic E-state index is 0.0574. The molecule has 2 aromatic rings. The van der Waals surface area contributed by atoms with E-state index in [-0.39, 0.29) is 23.0 Å². The van der Waals surface area contributed by atoms with Crippen molar-refractivity contribution in [2.75, 3.05) is 31.0 Å². The lowest BCUT2D eigenvalue weighted by Crippen LogP contribution is -2.38. The van der Waals surface area contributed by atoms with Gasteiger partial charge in [-0.15, -0.1) is 0 Å². The number of ether oxygens (including phenoxy) is 1. The summed E-state index contributed by atoms with van der Waals surface area (Å²) in [6, 6.07) is 12.0. The molecule has 0 N–H and O–H groups in total. The van der Waals surface area contributed by atoms with Crippen LogP contribution in [0.25, 0.3) is 0 Å². The van der Waals surface area contributed by atoms with E-state index in [0.29, 0.717) is 23.8 Å². The third-order valence-corrected chi connectivity index (χ3v) is 6.95. The van der Waals surface area contributed by atoms with Gasteiger partial charge in [0.2, 0.25) is 0 Å². The fourth-order valence-corrected chi connectivity index (χ4v) is 4.62. The highest BCUT2D eigenvalue weighted by Crippen LogP contribution is 2.25. The highest BCUT2D eigenvalue weighted by molar-refractivity contribution is 7.92. The number of hydrogen-bond acceptors (Lipinski definition) is 5. The van der Waals surface area contributed by atoms with E-state index in [9.17, 15) is 18.0 Å². The normalized spacial score (nSPS) is 14.3. The molecule has 0 bridgehead atoms. The van der Waals surface area contributed by atoms with Crippen molar-refractivity contribution in [3.63, 3.8) is 0 Å². The van der Waals surface area contributed by atoms with E-state index in [0.717, 1.165) is 23.6 Å². The van der Waals surface area contributed by atoms with Crippen molar-refractivity contribution in [1.82, 2.24) is 4.90 Å². The zero-order valence-corrected chi connectivity index (χ0v) is 18.2. The van der Waals surface area contributed by atoms with Gasteiger partial charge >= 0.3 is 5.97 Å². The van der Waals surface area contributed by atoms with Gasteiger partial charge < -0.3 is 9.64 Å².